The number of aromatic nitrogens is 2. The van der Waals surface area contributed by atoms with E-state index in [1.165, 1.54) is 6.26 Å². The zero-order valence-electron chi connectivity index (χ0n) is 8.17. The molecule has 0 aliphatic rings. The summed E-state index contributed by atoms with van der Waals surface area (Å²) in [5.41, 5.74) is 1.19. The van der Waals surface area contributed by atoms with Crippen LogP contribution < -0.4 is 4.74 Å². The molecule has 0 aliphatic heterocycles. The normalized spacial score (nSPS) is 10.3. The van der Waals surface area contributed by atoms with E-state index < -0.39 is 0 Å². The van der Waals surface area contributed by atoms with Crippen molar-refractivity contribution < 1.29 is 14.3 Å². The highest BCUT2D eigenvalue weighted by atomic mass is 16.6. The van der Waals surface area contributed by atoms with E-state index in [0.717, 1.165) is 5.69 Å². The molecular weight excluding hydrogens is 196 g/mol. The minimum atomic E-state index is -0.168. The second kappa shape index (κ2) is 4.10. The molecule has 0 unspecified atom stereocenters. The van der Waals surface area contributed by atoms with Gasteiger partial charge in [0.15, 0.2) is 5.75 Å². The molecule has 0 atom stereocenters. The van der Waals surface area contributed by atoms with Crippen LogP contribution in [0.25, 0.3) is 0 Å². The van der Waals surface area contributed by atoms with E-state index in [2.05, 4.69) is 9.97 Å². The second-order valence-electron chi connectivity index (χ2n) is 2.95. The van der Waals surface area contributed by atoms with Crippen LogP contribution in [0.4, 0.5) is 0 Å². The first-order valence-corrected chi connectivity index (χ1v) is 4.44. The van der Waals surface area contributed by atoms with Gasteiger partial charge in [-0.15, -0.1) is 0 Å². The summed E-state index contributed by atoms with van der Waals surface area (Å²) in [5, 5.41) is 8.78. The lowest BCUT2D eigenvalue weighted by Gasteiger charge is -2.01. The Morgan fingerprint density at radius 1 is 1.53 bits per heavy atom. The Hall–Kier alpha value is -1.88. The third-order valence-electron chi connectivity index (χ3n) is 1.85. The van der Waals surface area contributed by atoms with Crippen LogP contribution in [-0.2, 0) is 6.61 Å². The monoisotopic (exact) mass is 206 g/mol. The van der Waals surface area contributed by atoms with Crippen LogP contribution >= 0.6 is 0 Å². The molecule has 1 N–H and O–H groups in total. The van der Waals surface area contributed by atoms with Crippen LogP contribution in [0.3, 0.4) is 0 Å². The number of aliphatic hydroxyl groups excluding tert-OH is 1. The maximum atomic E-state index is 8.78. The molecule has 5 nitrogen and oxygen atoms in total. The number of aliphatic hydroxyl groups is 1. The number of aryl methyl sites for hydroxylation is 1. The van der Waals surface area contributed by atoms with Crippen molar-refractivity contribution in [2.45, 2.75) is 13.5 Å². The minimum Gasteiger partial charge on any atom is -0.417 e. The molecule has 0 fully saturated rings. The zero-order chi connectivity index (χ0) is 10.7. The highest BCUT2D eigenvalue weighted by Crippen LogP contribution is 2.22. The molecule has 2 heterocycles. The van der Waals surface area contributed by atoms with Gasteiger partial charge in [0.1, 0.15) is 12.0 Å². The van der Waals surface area contributed by atoms with Crippen molar-refractivity contribution in [3.8, 4) is 11.8 Å². The average Bonchev–Trinajstić information content (AvgIpc) is 2.69. The molecule has 0 aliphatic carbocycles. The molecule has 0 radical (unpaired) electrons. The Morgan fingerprint density at radius 2 is 2.40 bits per heavy atom. The van der Waals surface area contributed by atoms with Gasteiger partial charge in [-0.05, 0) is 19.1 Å². The number of ether oxygens (including phenoxy) is 1. The van der Waals surface area contributed by atoms with Crippen LogP contribution in [-0.4, -0.2) is 15.1 Å². The van der Waals surface area contributed by atoms with Gasteiger partial charge >= 0.3 is 6.08 Å². The lowest BCUT2D eigenvalue weighted by molar-refractivity contribution is 0.276. The summed E-state index contributed by atoms with van der Waals surface area (Å²) >= 11 is 0. The largest absolute Gasteiger partial charge is 0.417 e. The first-order chi connectivity index (χ1) is 7.29. The van der Waals surface area contributed by atoms with Crippen molar-refractivity contribution in [3.05, 3.63) is 36.0 Å². The zero-order valence-corrected chi connectivity index (χ0v) is 8.17. The number of oxazole rings is 1. The number of nitrogens with zero attached hydrogens (tertiary/aromatic N) is 2. The molecule has 2 aromatic rings. The molecule has 0 saturated carbocycles. The second-order valence-corrected chi connectivity index (χ2v) is 2.95. The molecule has 15 heavy (non-hydrogen) atoms. The molecule has 2 rings (SSSR count). The molecule has 78 valence electrons. The van der Waals surface area contributed by atoms with Gasteiger partial charge in [0.05, 0.1) is 12.3 Å². The standard InChI is InChI=1S/C10H10N2O3/c1-7-9(3-2-4-11-7)15-10-12-8(5-13)6-14-10/h2-4,6,13H,5H2,1H3. The lowest BCUT2D eigenvalue weighted by atomic mass is 10.3. The Morgan fingerprint density at radius 3 is 3.07 bits per heavy atom. The lowest BCUT2D eigenvalue weighted by Crippen LogP contribution is -1.90. The van der Waals surface area contributed by atoms with Crippen LogP contribution in [0.2, 0.25) is 0 Å². The Kier molecular flexibility index (Phi) is 2.64. The number of pyridine rings is 1. The van der Waals surface area contributed by atoms with E-state index in [4.69, 9.17) is 14.3 Å². The number of hydrogen-bond donors (Lipinski definition) is 1. The van der Waals surface area contributed by atoms with E-state index in [0.29, 0.717) is 11.4 Å². The molecule has 0 aromatic carbocycles. The van der Waals surface area contributed by atoms with E-state index in [1.54, 1.807) is 18.3 Å². The number of hydrogen-bond acceptors (Lipinski definition) is 5. The fraction of sp³-hybridized carbons (Fsp3) is 0.200. The van der Waals surface area contributed by atoms with Gasteiger partial charge in [-0.1, -0.05) is 0 Å². The van der Waals surface area contributed by atoms with Gasteiger partial charge in [0.25, 0.3) is 0 Å². The maximum Gasteiger partial charge on any atom is 0.399 e. The van der Waals surface area contributed by atoms with Crippen molar-refractivity contribution in [1.29, 1.82) is 0 Å². The molecule has 5 heteroatoms. The van der Waals surface area contributed by atoms with E-state index in [9.17, 15) is 0 Å². The van der Waals surface area contributed by atoms with Crippen molar-refractivity contribution >= 4 is 0 Å². The van der Waals surface area contributed by atoms with E-state index >= 15 is 0 Å². The Balaban J connectivity index is 2.18. The Labute approximate surface area is 86.4 Å². The van der Waals surface area contributed by atoms with Gasteiger partial charge in [0.2, 0.25) is 0 Å². The van der Waals surface area contributed by atoms with Gasteiger partial charge < -0.3 is 14.3 Å². The van der Waals surface area contributed by atoms with Crippen molar-refractivity contribution in [2.75, 3.05) is 0 Å². The molecule has 0 saturated heterocycles. The summed E-state index contributed by atoms with van der Waals surface area (Å²) < 4.78 is 10.3. The smallest absolute Gasteiger partial charge is 0.399 e. The predicted octanol–water partition coefficient (Wildman–Crippen LogP) is 1.66. The molecule has 0 spiro atoms. The fourth-order valence-corrected chi connectivity index (χ4v) is 1.08. The van der Waals surface area contributed by atoms with Gasteiger partial charge in [-0.2, -0.15) is 4.98 Å². The number of rotatable bonds is 3. The summed E-state index contributed by atoms with van der Waals surface area (Å²) in [7, 11) is 0. The highest BCUT2D eigenvalue weighted by Gasteiger charge is 2.07. The van der Waals surface area contributed by atoms with Crippen LogP contribution in [0.5, 0.6) is 11.8 Å². The van der Waals surface area contributed by atoms with Gasteiger partial charge in [0, 0.05) is 6.20 Å². The SMILES string of the molecule is Cc1ncccc1Oc1nc(CO)co1. The molecule has 2 aromatic heterocycles. The van der Waals surface area contributed by atoms with Crippen molar-refractivity contribution in [2.24, 2.45) is 0 Å². The molecule has 0 bridgehead atoms. The molecular formula is C10H10N2O3. The van der Waals surface area contributed by atoms with Gasteiger partial charge in [-0.3, -0.25) is 4.98 Å². The summed E-state index contributed by atoms with van der Waals surface area (Å²) in [4.78, 5) is 7.96. The van der Waals surface area contributed by atoms with Crippen LogP contribution in [0.1, 0.15) is 11.4 Å². The Bertz CT molecular complexity index is 453. The van der Waals surface area contributed by atoms with Crippen LogP contribution in [0.15, 0.2) is 29.0 Å². The van der Waals surface area contributed by atoms with Crippen LogP contribution in [0, 0.1) is 6.92 Å². The third-order valence-corrected chi connectivity index (χ3v) is 1.85. The average molecular weight is 206 g/mol. The first kappa shape index (κ1) is 9.67. The fourth-order valence-electron chi connectivity index (χ4n) is 1.08. The third kappa shape index (κ3) is 2.13. The summed E-state index contributed by atoms with van der Waals surface area (Å²) in [6.07, 6.45) is 3.13. The van der Waals surface area contributed by atoms with E-state index in [-0.39, 0.29) is 12.7 Å². The summed E-state index contributed by atoms with van der Waals surface area (Å²) in [6.45, 7) is 1.66. The summed E-state index contributed by atoms with van der Waals surface area (Å²) in [6, 6.07) is 3.53. The topological polar surface area (TPSA) is 68.4 Å². The quantitative estimate of drug-likeness (QED) is 0.827. The maximum absolute atomic E-state index is 8.78. The first-order valence-electron chi connectivity index (χ1n) is 4.44. The van der Waals surface area contributed by atoms with Crippen molar-refractivity contribution in [3.63, 3.8) is 0 Å². The minimum absolute atomic E-state index is 0.107. The van der Waals surface area contributed by atoms with E-state index in [1.807, 2.05) is 6.92 Å². The highest BCUT2D eigenvalue weighted by molar-refractivity contribution is 5.27. The predicted molar refractivity (Wildman–Crippen MR) is 51.5 cm³/mol. The summed E-state index contributed by atoms with van der Waals surface area (Å²) in [5.74, 6) is 0.587. The molecule has 0 amide bonds. The van der Waals surface area contributed by atoms with Crippen molar-refractivity contribution in [1.82, 2.24) is 9.97 Å². The van der Waals surface area contributed by atoms with Gasteiger partial charge in [-0.25, -0.2) is 0 Å².